The lowest BCUT2D eigenvalue weighted by atomic mass is 10.2. The minimum Gasteiger partial charge on any atom is -0.439 e. The Morgan fingerprint density at radius 3 is 2.70 bits per heavy atom. The summed E-state index contributed by atoms with van der Waals surface area (Å²) in [6.45, 7) is 3.61. The number of nitrogens with one attached hydrogen (secondary N) is 1. The van der Waals surface area contributed by atoms with Gasteiger partial charge in [-0.15, -0.1) is 0 Å². The van der Waals surface area contributed by atoms with Gasteiger partial charge in [0.05, 0.1) is 16.9 Å². The molecule has 1 saturated heterocycles. The van der Waals surface area contributed by atoms with Crippen LogP contribution in [-0.4, -0.2) is 73.8 Å². The van der Waals surface area contributed by atoms with Gasteiger partial charge in [-0.25, -0.2) is 4.98 Å². The van der Waals surface area contributed by atoms with Crippen molar-refractivity contribution in [2.24, 2.45) is 0 Å². The highest BCUT2D eigenvalue weighted by Crippen LogP contribution is 2.26. The van der Waals surface area contributed by atoms with Crippen molar-refractivity contribution in [1.82, 2.24) is 30.0 Å². The number of aliphatic hydroxyl groups is 1. The number of benzene rings is 1. The van der Waals surface area contributed by atoms with Crippen LogP contribution in [0.2, 0.25) is 0 Å². The number of aromatic nitrogens is 4. The number of carbonyl (C=O) groups excluding carboxylic acids is 1. The molecule has 1 aromatic carbocycles. The maximum Gasteiger partial charge on any atom is 0.219 e. The fourth-order valence-corrected chi connectivity index (χ4v) is 3.94. The van der Waals surface area contributed by atoms with Crippen LogP contribution in [0.1, 0.15) is 5.69 Å². The number of ether oxygens (including phenoxy) is 1. The van der Waals surface area contributed by atoms with Crippen LogP contribution >= 0.6 is 0 Å². The van der Waals surface area contributed by atoms with Gasteiger partial charge in [0, 0.05) is 62.1 Å². The molecule has 0 saturated carbocycles. The van der Waals surface area contributed by atoms with Gasteiger partial charge in [-0.1, -0.05) is 6.07 Å². The van der Waals surface area contributed by atoms with Gasteiger partial charge >= 0.3 is 0 Å². The fourth-order valence-electron chi connectivity index (χ4n) is 3.94. The fraction of sp³-hybridized carbons (Fsp3) is 0.250. The summed E-state index contributed by atoms with van der Waals surface area (Å²) < 4.78 is 5.93. The van der Waals surface area contributed by atoms with Crippen LogP contribution in [0, 0.1) is 0 Å². The number of aldehydes is 1. The molecule has 4 aromatic rings. The average molecular weight is 444 g/mol. The molecule has 168 valence electrons. The largest absolute Gasteiger partial charge is 0.439 e. The molecule has 33 heavy (non-hydrogen) atoms. The van der Waals surface area contributed by atoms with Crippen molar-refractivity contribution in [3.8, 4) is 22.9 Å². The molecule has 9 nitrogen and oxygen atoms in total. The summed E-state index contributed by atoms with van der Waals surface area (Å²) in [7, 11) is 0. The highest BCUT2D eigenvalue weighted by Gasteiger charge is 2.22. The van der Waals surface area contributed by atoms with Gasteiger partial charge in [0.2, 0.25) is 5.88 Å². The molecule has 9 heteroatoms. The van der Waals surface area contributed by atoms with E-state index in [0.717, 1.165) is 47.5 Å². The zero-order chi connectivity index (χ0) is 22.6. The van der Waals surface area contributed by atoms with Crippen molar-refractivity contribution >= 4 is 17.2 Å². The Morgan fingerprint density at radius 1 is 1.09 bits per heavy atom. The predicted octanol–water partition coefficient (Wildman–Crippen LogP) is 2.45. The number of hydrogen-bond acceptors (Lipinski definition) is 8. The van der Waals surface area contributed by atoms with Crippen molar-refractivity contribution in [2.45, 2.75) is 12.8 Å². The topological polar surface area (TPSA) is 107 Å². The molecule has 1 aliphatic heterocycles. The minimum atomic E-state index is -1.01. The Labute approximate surface area is 190 Å². The van der Waals surface area contributed by atoms with Crippen LogP contribution in [0.15, 0.2) is 60.9 Å². The van der Waals surface area contributed by atoms with Crippen LogP contribution in [0.3, 0.4) is 0 Å². The first-order chi connectivity index (χ1) is 16.2. The zero-order valence-electron chi connectivity index (χ0n) is 18.0. The molecule has 1 aliphatic rings. The van der Waals surface area contributed by atoms with Gasteiger partial charge in [-0.05, 0) is 36.4 Å². The number of hydrogen-bond donors (Lipinski definition) is 2. The van der Waals surface area contributed by atoms with E-state index < -0.39 is 6.23 Å². The van der Waals surface area contributed by atoms with E-state index in [0.29, 0.717) is 31.0 Å². The number of carbonyl (C=O) groups is 1. The molecule has 1 atom stereocenters. The summed E-state index contributed by atoms with van der Waals surface area (Å²) in [5.41, 5.74) is 3.73. The molecule has 0 bridgehead atoms. The molecule has 0 aliphatic carbocycles. The second-order valence-corrected chi connectivity index (χ2v) is 7.98. The maximum absolute atomic E-state index is 10.8. The first-order valence-corrected chi connectivity index (χ1v) is 10.8. The SMILES string of the molecule is O=CC(O)N1CCN(Cc2ccc3cc(Oc4ccc(-c5ccn[nH]5)cn4)ccc3n2)CC1. The number of fused-ring (bicyclic) bond motifs is 1. The lowest BCUT2D eigenvalue weighted by molar-refractivity contribution is -0.125. The molecule has 2 N–H and O–H groups in total. The van der Waals surface area contributed by atoms with Gasteiger partial charge < -0.3 is 9.84 Å². The first kappa shape index (κ1) is 21.2. The lowest BCUT2D eigenvalue weighted by Crippen LogP contribution is -2.50. The Bertz CT molecular complexity index is 1220. The molecule has 1 fully saturated rings. The summed E-state index contributed by atoms with van der Waals surface area (Å²) in [5.74, 6) is 1.21. The van der Waals surface area contributed by atoms with Crippen LogP contribution in [0.5, 0.6) is 11.6 Å². The van der Waals surface area contributed by atoms with Crippen LogP contribution in [-0.2, 0) is 11.3 Å². The van der Waals surface area contributed by atoms with Gasteiger partial charge in [-0.2, -0.15) is 5.10 Å². The summed E-state index contributed by atoms with van der Waals surface area (Å²) in [4.78, 5) is 24.0. The number of pyridine rings is 2. The third-order valence-corrected chi connectivity index (χ3v) is 5.78. The first-order valence-electron chi connectivity index (χ1n) is 10.8. The smallest absolute Gasteiger partial charge is 0.219 e. The molecule has 0 amide bonds. The van der Waals surface area contributed by atoms with E-state index >= 15 is 0 Å². The van der Waals surface area contributed by atoms with Gasteiger partial charge in [-0.3, -0.25) is 24.7 Å². The summed E-state index contributed by atoms with van der Waals surface area (Å²) in [6.07, 6.45) is 3.02. The van der Waals surface area contributed by atoms with Crippen LogP contribution < -0.4 is 4.74 Å². The Hall–Kier alpha value is -3.66. The number of aliphatic hydroxyl groups excluding tert-OH is 1. The monoisotopic (exact) mass is 444 g/mol. The number of nitrogens with zero attached hydrogens (tertiary/aromatic N) is 5. The third-order valence-electron chi connectivity index (χ3n) is 5.78. The molecule has 4 heterocycles. The summed E-state index contributed by atoms with van der Waals surface area (Å²) in [6, 6.07) is 15.5. The molecular weight excluding hydrogens is 420 g/mol. The highest BCUT2D eigenvalue weighted by molar-refractivity contribution is 5.80. The van der Waals surface area contributed by atoms with Crippen molar-refractivity contribution in [1.29, 1.82) is 0 Å². The number of aromatic amines is 1. The van der Waals surface area contributed by atoms with E-state index in [2.05, 4.69) is 20.1 Å². The number of piperazine rings is 1. The zero-order valence-corrected chi connectivity index (χ0v) is 18.0. The number of rotatable bonds is 7. The van der Waals surface area contributed by atoms with Crippen molar-refractivity contribution in [3.05, 3.63) is 66.6 Å². The standard InChI is InChI=1S/C24H24N6O3/c31-16-24(32)30-11-9-29(10-12-30)15-19-3-1-17-13-20(4-5-21(17)27-19)33-23-6-2-18(14-25-23)22-7-8-26-28-22/h1-8,13-14,16,24,32H,9-12,15H2,(H,26,28). The predicted molar refractivity (Wildman–Crippen MR) is 123 cm³/mol. The quantitative estimate of drug-likeness (QED) is 0.419. The average Bonchev–Trinajstić information content (AvgIpc) is 3.40. The van der Waals surface area contributed by atoms with E-state index in [4.69, 9.17) is 9.72 Å². The van der Waals surface area contributed by atoms with Gasteiger partial charge in [0.25, 0.3) is 0 Å². The van der Waals surface area contributed by atoms with Crippen molar-refractivity contribution in [2.75, 3.05) is 26.2 Å². The minimum absolute atomic E-state index is 0.515. The molecule has 0 radical (unpaired) electrons. The van der Waals surface area contributed by atoms with Crippen LogP contribution in [0.25, 0.3) is 22.2 Å². The van der Waals surface area contributed by atoms with E-state index in [1.165, 1.54) is 0 Å². The summed E-state index contributed by atoms with van der Waals surface area (Å²) in [5, 5.41) is 17.5. The van der Waals surface area contributed by atoms with E-state index in [1.54, 1.807) is 17.3 Å². The molecule has 3 aromatic heterocycles. The summed E-state index contributed by atoms with van der Waals surface area (Å²) >= 11 is 0. The second-order valence-electron chi connectivity index (χ2n) is 7.98. The van der Waals surface area contributed by atoms with Crippen molar-refractivity contribution < 1.29 is 14.6 Å². The van der Waals surface area contributed by atoms with Crippen molar-refractivity contribution in [3.63, 3.8) is 0 Å². The highest BCUT2D eigenvalue weighted by atomic mass is 16.5. The van der Waals surface area contributed by atoms with E-state index in [9.17, 15) is 9.90 Å². The van der Waals surface area contributed by atoms with Gasteiger partial charge in [0.1, 0.15) is 5.75 Å². The number of H-pyrrole nitrogens is 1. The van der Waals surface area contributed by atoms with E-state index in [1.807, 2.05) is 48.5 Å². The molecule has 0 spiro atoms. The molecule has 5 rings (SSSR count). The maximum atomic E-state index is 10.8. The second kappa shape index (κ2) is 9.45. The Kier molecular flexibility index (Phi) is 6.07. The molecule has 1 unspecified atom stereocenters. The van der Waals surface area contributed by atoms with E-state index in [-0.39, 0.29) is 0 Å². The Morgan fingerprint density at radius 2 is 1.97 bits per heavy atom. The normalized spacial score (nSPS) is 16.0. The Balaban J connectivity index is 1.22. The van der Waals surface area contributed by atoms with Gasteiger partial charge in [0.15, 0.2) is 12.5 Å². The third kappa shape index (κ3) is 4.90. The molecular formula is C24H24N6O3. The van der Waals surface area contributed by atoms with Crippen LogP contribution in [0.4, 0.5) is 0 Å². The lowest BCUT2D eigenvalue weighted by Gasteiger charge is -2.35.